The normalized spacial score (nSPS) is 11.8. The van der Waals surface area contributed by atoms with Crippen LogP contribution in [0.3, 0.4) is 0 Å². The summed E-state index contributed by atoms with van der Waals surface area (Å²) in [6.07, 6.45) is 0.900. The average Bonchev–Trinajstić information content (AvgIpc) is 3.52. The zero-order valence-corrected chi connectivity index (χ0v) is 42.9. The molecule has 12 rings (SSSR count). The Hall–Kier alpha value is -9.76. The van der Waals surface area contributed by atoms with Crippen molar-refractivity contribution in [3.63, 3.8) is 0 Å². The van der Waals surface area contributed by atoms with Crippen LogP contribution in [-0.2, 0) is 6.42 Å². The quantitative estimate of drug-likeness (QED) is 0.0890. The van der Waals surface area contributed by atoms with Crippen LogP contribution in [0.2, 0.25) is 0 Å². The number of hydrogen-bond acceptors (Lipinski definition) is 2. The molecule has 0 bridgehead atoms. The van der Waals surface area contributed by atoms with Crippen molar-refractivity contribution < 1.29 is 0 Å². The number of rotatable bonds is 16. The molecule has 0 spiro atoms. The minimum atomic E-state index is 0.0893. The predicted molar refractivity (Wildman–Crippen MR) is 324 cm³/mol. The molecule has 0 fully saturated rings. The molecule has 0 aliphatic rings. The van der Waals surface area contributed by atoms with Gasteiger partial charge in [-0.15, -0.1) is 0 Å². The monoisotopic (exact) mass is 986 g/mol. The highest BCUT2D eigenvalue weighted by atomic mass is 15.1. The van der Waals surface area contributed by atoms with Gasteiger partial charge in [-0.2, -0.15) is 0 Å². The fraction of sp³-hybridized carbons (Fsp3) is 0.0400. The third kappa shape index (κ3) is 10.9. The maximum atomic E-state index is 2.33. The lowest BCUT2D eigenvalue weighted by Gasteiger charge is -2.25. The van der Waals surface area contributed by atoms with Crippen molar-refractivity contribution in [3.8, 4) is 33.4 Å². The first kappa shape index (κ1) is 48.2. The molecule has 0 aliphatic carbocycles. The molecule has 0 N–H and O–H groups in total. The lowest BCUT2D eigenvalue weighted by molar-refractivity contribution is 0.805. The van der Waals surface area contributed by atoms with E-state index in [1.165, 1.54) is 66.8 Å². The third-order valence-electron chi connectivity index (χ3n) is 14.8. The Balaban J connectivity index is 0.752. The summed E-state index contributed by atoms with van der Waals surface area (Å²) in [5.41, 5.74) is 21.7. The van der Waals surface area contributed by atoms with E-state index in [-0.39, 0.29) is 11.8 Å². The van der Waals surface area contributed by atoms with E-state index in [2.05, 4.69) is 337 Å². The fourth-order valence-corrected chi connectivity index (χ4v) is 10.9. The van der Waals surface area contributed by atoms with Gasteiger partial charge < -0.3 is 9.80 Å². The zero-order valence-electron chi connectivity index (χ0n) is 42.9. The van der Waals surface area contributed by atoms with E-state index >= 15 is 0 Å². The highest BCUT2D eigenvalue weighted by molar-refractivity contribution is 5.80. The van der Waals surface area contributed by atoms with Gasteiger partial charge >= 0.3 is 0 Å². The lowest BCUT2D eigenvalue weighted by atomic mass is 9.83. The van der Waals surface area contributed by atoms with Gasteiger partial charge in [-0.1, -0.05) is 255 Å². The Morgan fingerprint density at radius 1 is 0.195 bits per heavy atom. The smallest absolute Gasteiger partial charge is 0.0462 e. The van der Waals surface area contributed by atoms with Gasteiger partial charge in [0.1, 0.15) is 0 Å². The Morgan fingerprint density at radius 2 is 0.416 bits per heavy atom. The molecule has 12 aromatic carbocycles. The summed E-state index contributed by atoms with van der Waals surface area (Å²) >= 11 is 0. The number of anilines is 6. The molecule has 12 aromatic rings. The maximum absolute atomic E-state index is 2.33. The van der Waals surface area contributed by atoms with E-state index in [4.69, 9.17) is 0 Å². The molecule has 2 unspecified atom stereocenters. The molecule has 0 heterocycles. The van der Waals surface area contributed by atoms with Crippen LogP contribution in [0.15, 0.2) is 328 Å². The Labute approximate surface area is 454 Å². The summed E-state index contributed by atoms with van der Waals surface area (Å²) in [5, 5.41) is 0. The van der Waals surface area contributed by atoms with E-state index in [1.54, 1.807) is 0 Å². The first-order valence-electron chi connectivity index (χ1n) is 26.7. The van der Waals surface area contributed by atoms with Gasteiger partial charge in [0.25, 0.3) is 0 Å². The van der Waals surface area contributed by atoms with Gasteiger partial charge in [0.2, 0.25) is 0 Å². The molecule has 2 nitrogen and oxygen atoms in total. The van der Waals surface area contributed by atoms with Crippen LogP contribution in [0, 0.1) is 0 Å². The summed E-state index contributed by atoms with van der Waals surface area (Å²) in [7, 11) is 0. The van der Waals surface area contributed by atoms with Crippen LogP contribution in [-0.4, -0.2) is 0 Å². The Bertz CT molecular complexity index is 3660. The number of nitrogens with zero attached hydrogens (tertiary/aromatic N) is 2. The highest BCUT2D eigenvalue weighted by Gasteiger charge is 2.20. The second-order valence-electron chi connectivity index (χ2n) is 19.7. The summed E-state index contributed by atoms with van der Waals surface area (Å²) in [6.45, 7) is 0. The average molecular weight is 987 g/mol. The minimum absolute atomic E-state index is 0.0893. The largest absolute Gasteiger partial charge is 0.311 e. The molecule has 0 radical (unpaired) electrons. The van der Waals surface area contributed by atoms with Crippen LogP contribution in [0.4, 0.5) is 34.1 Å². The summed E-state index contributed by atoms with van der Waals surface area (Å²) in [6, 6.07) is 119. The SMILES string of the molecule is c1ccc(C(Cc2ccc(-c3ccc(N(c4ccccc4)c4ccccc4)cc3)cc2)c2ccc(-c3ccc(C(c4ccccc4)c4ccc(-c5ccc(N(c6ccccc6)c6ccccc6)cc5)cc4)cc3)cc2)cc1. The molecule has 2 heteroatoms. The fourth-order valence-electron chi connectivity index (χ4n) is 10.9. The van der Waals surface area contributed by atoms with Crippen LogP contribution in [0.5, 0.6) is 0 Å². The first-order chi connectivity index (χ1) is 38.2. The van der Waals surface area contributed by atoms with Crippen molar-refractivity contribution in [1.29, 1.82) is 0 Å². The summed E-state index contributed by atoms with van der Waals surface area (Å²) < 4.78 is 0. The van der Waals surface area contributed by atoms with E-state index in [1.807, 2.05) is 0 Å². The molecular formula is C75H58N2. The molecule has 2 atom stereocenters. The molecule has 0 saturated heterocycles. The van der Waals surface area contributed by atoms with Crippen molar-refractivity contribution >= 4 is 34.1 Å². The number of benzene rings is 12. The summed E-state index contributed by atoms with van der Waals surface area (Å²) in [4.78, 5) is 4.60. The Kier molecular flexibility index (Phi) is 14.3. The number of hydrogen-bond donors (Lipinski definition) is 0. The van der Waals surface area contributed by atoms with Crippen molar-refractivity contribution in [2.75, 3.05) is 9.80 Å². The van der Waals surface area contributed by atoms with Crippen LogP contribution in [0.25, 0.3) is 33.4 Å². The van der Waals surface area contributed by atoms with Gasteiger partial charge in [-0.25, -0.2) is 0 Å². The molecular weight excluding hydrogens is 929 g/mol. The molecule has 0 aromatic heterocycles. The van der Waals surface area contributed by atoms with Crippen molar-refractivity contribution in [1.82, 2.24) is 0 Å². The van der Waals surface area contributed by atoms with Crippen LogP contribution >= 0.6 is 0 Å². The highest BCUT2D eigenvalue weighted by Crippen LogP contribution is 2.40. The third-order valence-corrected chi connectivity index (χ3v) is 14.8. The molecule has 0 saturated carbocycles. The standard InChI is InChI=1S/C75H58N2/c1-7-19-63(20-8-1)74(55-56-31-33-57(34-32-56)61-47-51-72(52-48-61)76(68-23-11-3-12-24-68)69-25-13-4-14-26-69)64-41-35-58(36-42-64)59-37-43-66(44-38-59)75(65-21-9-2-10-22-65)67-45-39-60(40-46-67)62-49-53-73(54-50-62)77(70-27-15-5-16-28-70)71-29-17-6-18-30-71/h1-54,74-75H,55H2. The van der Waals surface area contributed by atoms with Crippen molar-refractivity contribution in [2.24, 2.45) is 0 Å². The van der Waals surface area contributed by atoms with Gasteiger partial charge in [0.15, 0.2) is 0 Å². The van der Waals surface area contributed by atoms with E-state index in [0.717, 1.165) is 40.5 Å². The van der Waals surface area contributed by atoms with Gasteiger partial charge in [-0.05, 0) is 146 Å². The number of para-hydroxylation sites is 4. The molecule has 0 amide bonds. The molecule has 77 heavy (non-hydrogen) atoms. The lowest BCUT2D eigenvalue weighted by Crippen LogP contribution is -2.09. The molecule has 0 aliphatic heterocycles. The van der Waals surface area contributed by atoms with Gasteiger partial charge in [0, 0.05) is 46.0 Å². The van der Waals surface area contributed by atoms with Gasteiger partial charge in [0.05, 0.1) is 0 Å². The Morgan fingerprint density at radius 3 is 0.740 bits per heavy atom. The second kappa shape index (κ2) is 22.8. The van der Waals surface area contributed by atoms with E-state index in [0.29, 0.717) is 0 Å². The van der Waals surface area contributed by atoms with Gasteiger partial charge in [-0.3, -0.25) is 0 Å². The zero-order chi connectivity index (χ0) is 51.6. The van der Waals surface area contributed by atoms with Crippen LogP contribution < -0.4 is 9.80 Å². The maximum Gasteiger partial charge on any atom is 0.0462 e. The molecule has 368 valence electrons. The topological polar surface area (TPSA) is 6.48 Å². The first-order valence-corrected chi connectivity index (χ1v) is 26.7. The van der Waals surface area contributed by atoms with E-state index < -0.39 is 0 Å². The van der Waals surface area contributed by atoms with Crippen molar-refractivity contribution in [2.45, 2.75) is 18.3 Å². The van der Waals surface area contributed by atoms with E-state index in [9.17, 15) is 0 Å². The van der Waals surface area contributed by atoms with Crippen LogP contribution in [0.1, 0.15) is 45.2 Å². The second-order valence-corrected chi connectivity index (χ2v) is 19.7. The predicted octanol–water partition coefficient (Wildman–Crippen LogP) is 20.2. The minimum Gasteiger partial charge on any atom is -0.311 e. The summed E-state index contributed by atoms with van der Waals surface area (Å²) in [5.74, 6) is 0.299. The van der Waals surface area contributed by atoms with Crippen molar-refractivity contribution in [3.05, 3.63) is 361 Å².